The molecule has 1 rings (SSSR count). The van der Waals surface area contributed by atoms with Crippen LogP contribution in [0, 0.1) is 6.92 Å². The van der Waals surface area contributed by atoms with Crippen LogP contribution in [0.25, 0.3) is 0 Å². The number of rotatable bonds is 5. The third kappa shape index (κ3) is 3.05. The van der Waals surface area contributed by atoms with Crippen LogP contribution < -0.4 is 0 Å². The van der Waals surface area contributed by atoms with Crippen molar-refractivity contribution in [1.82, 2.24) is 4.98 Å². The second-order valence-electron chi connectivity index (χ2n) is 3.83. The predicted molar refractivity (Wildman–Crippen MR) is 63.3 cm³/mol. The van der Waals surface area contributed by atoms with Crippen molar-refractivity contribution in [3.63, 3.8) is 0 Å². The summed E-state index contributed by atoms with van der Waals surface area (Å²) in [4.78, 5) is 15.9. The second kappa shape index (κ2) is 6.26. The van der Waals surface area contributed by atoms with Crippen molar-refractivity contribution in [2.24, 2.45) is 0 Å². The molecule has 0 fully saturated rings. The number of aryl methyl sites for hydroxylation is 1. The van der Waals surface area contributed by atoms with Crippen LogP contribution in [0.2, 0.25) is 0 Å². The van der Waals surface area contributed by atoms with Crippen LogP contribution in [-0.2, 0) is 9.53 Å². The van der Waals surface area contributed by atoms with Crippen LogP contribution >= 0.6 is 0 Å². The molecule has 0 aliphatic carbocycles. The Kier molecular flexibility index (Phi) is 4.96. The van der Waals surface area contributed by atoms with Gasteiger partial charge in [-0.05, 0) is 37.5 Å². The van der Waals surface area contributed by atoms with Crippen molar-refractivity contribution >= 4 is 5.97 Å². The fourth-order valence-electron chi connectivity index (χ4n) is 1.77. The zero-order chi connectivity index (χ0) is 12.0. The van der Waals surface area contributed by atoms with Gasteiger partial charge >= 0.3 is 5.97 Å². The highest BCUT2D eigenvalue weighted by Crippen LogP contribution is 2.24. The van der Waals surface area contributed by atoms with Gasteiger partial charge < -0.3 is 4.74 Å². The van der Waals surface area contributed by atoms with E-state index in [-0.39, 0.29) is 11.9 Å². The number of hydrogen-bond acceptors (Lipinski definition) is 3. The molecule has 0 aromatic carbocycles. The van der Waals surface area contributed by atoms with Gasteiger partial charge in [0.15, 0.2) is 0 Å². The summed E-state index contributed by atoms with van der Waals surface area (Å²) in [6.45, 7) is 6.33. The molecule has 0 amide bonds. The fourth-order valence-corrected chi connectivity index (χ4v) is 1.77. The summed E-state index contributed by atoms with van der Waals surface area (Å²) in [6, 6.07) is 1.93. The molecule has 0 saturated heterocycles. The van der Waals surface area contributed by atoms with Crippen molar-refractivity contribution < 1.29 is 9.53 Å². The van der Waals surface area contributed by atoms with Gasteiger partial charge in [-0.2, -0.15) is 0 Å². The van der Waals surface area contributed by atoms with Gasteiger partial charge in [0, 0.05) is 12.4 Å². The summed E-state index contributed by atoms with van der Waals surface area (Å²) in [5.74, 6) is -0.306. The average Bonchev–Trinajstić information content (AvgIpc) is 2.27. The lowest BCUT2D eigenvalue weighted by Gasteiger charge is -2.16. The molecule has 0 bridgehead atoms. The highest BCUT2D eigenvalue weighted by molar-refractivity contribution is 5.78. The third-order valence-electron chi connectivity index (χ3n) is 2.60. The van der Waals surface area contributed by atoms with E-state index in [1.807, 2.05) is 19.9 Å². The molecule has 0 N–H and O–H groups in total. The molecule has 16 heavy (non-hydrogen) atoms. The Balaban J connectivity index is 2.93. The Labute approximate surface area is 96.8 Å². The molecule has 0 saturated carbocycles. The van der Waals surface area contributed by atoms with E-state index in [0.29, 0.717) is 6.61 Å². The molecule has 1 atom stereocenters. The number of nitrogens with zero attached hydrogens (tertiary/aromatic N) is 1. The molecule has 0 aliphatic rings. The quantitative estimate of drug-likeness (QED) is 0.718. The maximum atomic E-state index is 11.8. The molecule has 1 unspecified atom stereocenters. The molecule has 0 aliphatic heterocycles. The number of esters is 1. The zero-order valence-electron chi connectivity index (χ0n) is 10.2. The Morgan fingerprint density at radius 3 is 2.81 bits per heavy atom. The molecular formula is C13H19NO2. The van der Waals surface area contributed by atoms with Gasteiger partial charge in [0.1, 0.15) is 0 Å². The number of aromatic nitrogens is 1. The van der Waals surface area contributed by atoms with Gasteiger partial charge in [-0.15, -0.1) is 0 Å². The number of pyridine rings is 1. The molecular weight excluding hydrogens is 202 g/mol. The summed E-state index contributed by atoms with van der Waals surface area (Å²) in [5, 5.41) is 0. The first-order valence-corrected chi connectivity index (χ1v) is 5.77. The van der Waals surface area contributed by atoms with Crippen molar-refractivity contribution in [2.45, 2.75) is 39.5 Å². The lowest BCUT2D eigenvalue weighted by molar-refractivity contribution is -0.145. The number of carbonyl (C=O) groups is 1. The lowest BCUT2D eigenvalue weighted by atomic mass is 9.93. The minimum absolute atomic E-state index is 0.138. The van der Waals surface area contributed by atoms with E-state index < -0.39 is 0 Å². The summed E-state index contributed by atoms with van der Waals surface area (Å²) in [6.07, 6.45) is 5.28. The Morgan fingerprint density at radius 1 is 1.50 bits per heavy atom. The topological polar surface area (TPSA) is 39.2 Å². The van der Waals surface area contributed by atoms with Gasteiger partial charge in [-0.1, -0.05) is 13.3 Å². The normalized spacial score (nSPS) is 12.2. The van der Waals surface area contributed by atoms with Crippen molar-refractivity contribution in [3.05, 3.63) is 29.6 Å². The fraction of sp³-hybridized carbons (Fsp3) is 0.538. The van der Waals surface area contributed by atoms with E-state index in [2.05, 4.69) is 11.9 Å². The smallest absolute Gasteiger partial charge is 0.313 e. The van der Waals surface area contributed by atoms with Crippen molar-refractivity contribution in [1.29, 1.82) is 0 Å². The van der Waals surface area contributed by atoms with Crippen LogP contribution in [0.3, 0.4) is 0 Å². The molecule has 1 aromatic rings. The van der Waals surface area contributed by atoms with Crippen molar-refractivity contribution in [2.75, 3.05) is 6.61 Å². The van der Waals surface area contributed by atoms with E-state index in [0.717, 1.165) is 24.0 Å². The van der Waals surface area contributed by atoms with Crippen LogP contribution in [0.4, 0.5) is 0 Å². The summed E-state index contributed by atoms with van der Waals surface area (Å²) < 4.78 is 5.10. The van der Waals surface area contributed by atoms with E-state index in [4.69, 9.17) is 4.74 Å². The van der Waals surface area contributed by atoms with Crippen LogP contribution in [0.5, 0.6) is 0 Å². The van der Waals surface area contributed by atoms with Crippen LogP contribution in [-0.4, -0.2) is 17.6 Å². The Morgan fingerprint density at radius 2 is 2.25 bits per heavy atom. The largest absolute Gasteiger partial charge is 0.466 e. The first-order chi connectivity index (χ1) is 7.70. The van der Waals surface area contributed by atoms with Gasteiger partial charge in [-0.25, -0.2) is 0 Å². The molecule has 88 valence electrons. The minimum Gasteiger partial charge on any atom is -0.466 e. The summed E-state index contributed by atoms with van der Waals surface area (Å²) >= 11 is 0. The van der Waals surface area contributed by atoms with Gasteiger partial charge in [0.2, 0.25) is 0 Å². The number of hydrogen-bond donors (Lipinski definition) is 0. The maximum Gasteiger partial charge on any atom is 0.313 e. The third-order valence-corrected chi connectivity index (χ3v) is 2.60. The minimum atomic E-state index is -0.168. The van der Waals surface area contributed by atoms with E-state index in [1.165, 1.54) is 0 Å². The van der Waals surface area contributed by atoms with Gasteiger partial charge in [-0.3, -0.25) is 9.78 Å². The number of carbonyl (C=O) groups excluding carboxylic acids is 1. The first-order valence-electron chi connectivity index (χ1n) is 5.77. The highest BCUT2D eigenvalue weighted by Gasteiger charge is 2.22. The van der Waals surface area contributed by atoms with Gasteiger partial charge in [0.25, 0.3) is 0 Å². The number of ether oxygens (including phenoxy) is 1. The summed E-state index contributed by atoms with van der Waals surface area (Å²) in [7, 11) is 0. The molecule has 1 heterocycles. The second-order valence-corrected chi connectivity index (χ2v) is 3.83. The van der Waals surface area contributed by atoms with Crippen LogP contribution in [0.15, 0.2) is 18.5 Å². The molecule has 3 nitrogen and oxygen atoms in total. The van der Waals surface area contributed by atoms with Gasteiger partial charge in [0.05, 0.1) is 12.5 Å². The SMILES string of the molecule is CCCC(C(=O)OCC)c1cnccc1C. The molecule has 0 radical (unpaired) electrons. The molecule has 3 heteroatoms. The first kappa shape index (κ1) is 12.7. The van der Waals surface area contributed by atoms with E-state index in [1.54, 1.807) is 12.4 Å². The molecule has 1 aromatic heterocycles. The van der Waals surface area contributed by atoms with Crippen LogP contribution in [0.1, 0.15) is 43.7 Å². The predicted octanol–water partition coefficient (Wildman–Crippen LogP) is 2.84. The zero-order valence-corrected chi connectivity index (χ0v) is 10.2. The van der Waals surface area contributed by atoms with E-state index in [9.17, 15) is 4.79 Å². The monoisotopic (exact) mass is 221 g/mol. The Hall–Kier alpha value is -1.38. The lowest BCUT2D eigenvalue weighted by Crippen LogP contribution is -2.17. The average molecular weight is 221 g/mol. The molecule has 0 spiro atoms. The maximum absolute atomic E-state index is 11.8. The van der Waals surface area contributed by atoms with E-state index >= 15 is 0 Å². The Bertz CT molecular complexity index is 350. The highest BCUT2D eigenvalue weighted by atomic mass is 16.5. The van der Waals surface area contributed by atoms with Crippen molar-refractivity contribution in [3.8, 4) is 0 Å². The standard InChI is InChI=1S/C13H19NO2/c1-4-6-11(13(15)16-5-2)12-9-14-8-7-10(12)3/h7-9,11H,4-6H2,1-3H3. The summed E-state index contributed by atoms with van der Waals surface area (Å²) in [5.41, 5.74) is 2.09.